The predicted molar refractivity (Wildman–Crippen MR) is 87.2 cm³/mol. The van der Waals surface area contributed by atoms with Gasteiger partial charge in [0.1, 0.15) is 5.60 Å². The van der Waals surface area contributed by atoms with Crippen molar-refractivity contribution < 1.29 is 27.4 Å². The van der Waals surface area contributed by atoms with E-state index in [2.05, 4.69) is 0 Å². The smallest absolute Gasteiger partial charge is 0.410 e. The molecule has 0 spiro atoms. The van der Waals surface area contributed by atoms with Crippen LogP contribution in [0.3, 0.4) is 0 Å². The number of ether oxygens (including phenoxy) is 3. The summed E-state index contributed by atoms with van der Waals surface area (Å²) in [6.45, 7) is 6.79. The van der Waals surface area contributed by atoms with E-state index in [0.717, 1.165) is 0 Å². The monoisotopic (exact) mass is 371 g/mol. The number of halogens is 1. The Kier molecular flexibility index (Phi) is 7.57. The first kappa shape index (κ1) is 20.5. The minimum atomic E-state index is -3.64. The van der Waals surface area contributed by atoms with Crippen LogP contribution in [0.4, 0.5) is 4.79 Å². The molecule has 1 aliphatic heterocycles. The quantitative estimate of drug-likeness (QED) is 0.523. The molecule has 0 aromatic carbocycles. The molecule has 1 amide bonds. The molecule has 1 fully saturated rings. The second-order valence-electron chi connectivity index (χ2n) is 6.68. The van der Waals surface area contributed by atoms with Crippen molar-refractivity contribution in [3.05, 3.63) is 0 Å². The summed E-state index contributed by atoms with van der Waals surface area (Å²) in [6, 6.07) is 0. The summed E-state index contributed by atoms with van der Waals surface area (Å²) in [5.74, 6) is -0.482. The number of carbonyl (C=O) groups excluding carboxylic acids is 1. The summed E-state index contributed by atoms with van der Waals surface area (Å²) in [6.07, 6.45) is -0.223. The number of piperidine rings is 1. The lowest BCUT2D eigenvalue weighted by Crippen LogP contribution is -2.50. The maximum atomic E-state index is 12.2. The van der Waals surface area contributed by atoms with Gasteiger partial charge in [-0.15, -0.1) is 0 Å². The molecule has 23 heavy (non-hydrogen) atoms. The van der Waals surface area contributed by atoms with E-state index >= 15 is 0 Å². The number of hydrogen-bond acceptors (Lipinski definition) is 6. The van der Waals surface area contributed by atoms with Crippen LogP contribution in [-0.4, -0.2) is 70.3 Å². The second kappa shape index (κ2) is 8.50. The number of methoxy groups -OCH3 is 1. The summed E-state index contributed by atoms with van der Waals surface area (Å²) in [5, 5.41) is 0. The van der Waals surface area contributed by atoms with Crippen LogP contribution in [0.2, 0.25) is 0 Å². The normalized spacial score (nSPS) is 22.9. The first-order valence-electron chi connectivity index (χ1n) is 7.51. The van der Waals surface area contributed by atoms with Crippen LogP contribution in [0, 0.1) is 5.92 Å². The van der Waals surface area contributed by atoms with Gasteiger partial charge in [-0.3, -0.25) is 0 Å². The Morgan fingerprint density at radius 3 is 2.43 bits per heavy atom. The van der Waals surface area contributed by atoms with Gasteiger partial charge in [-0.2, -0.15) is 0 Å². The standard InChI is InChI=1S/C14H26ClNO6S/c1-14(2,3)22-13(17)16-8-11(10-23(15,18)19)7-12(9-16)21-6-5-20-4/h11-12H,5-10H2,1-4H3. The second-order valence-corrected chi connectivity index (χ2v) is 9.50. The van der Waals surface area contributed by atoms with Gasteiger partial charge in [-0.05, 0) is 33.1 Å². The molecule has 1 saturated heterocycles. The summed E-state index contributed by atoms with van der Waals surface area (Å²) >= 11 is 0. The highest BCUT2D eigenvalue weighted by Gasteiger charge is 2.34. The van der Waals surface area contributed by atoms with E-state index < -0.39 is 20.7 Å². The average molecular weight is 372 g/mol. The number of amides is 1. The van der Waals surface area contributed by atoms with Gasteiger partial charge >= 0.3 is 6.09 Å². The molecule has 0 bridgehead atoms. The molecular formula is C14H26ClNO6S. The number of rotatable bonds is 6. The van der Waals surface area contributed by atoms with Gasteiger partial charge in [-0.1, -0.05) is 0 Å². The van der Waals surface area contributed by atoms with Gasteiger partial charge in [-0.25, -0.2) is 13.2 Å². The van der Waals surface area contributed by atoms with Crippen molar-refractivity contribution >= 4 is 25.8 Å². The molecule has 9 heteroatoms. The van der Waals surface area contributed by atoms with Crippen molar-refractivity contribution in [3.63, 3.8) is 0 Å². The van der Waals surface area contributed by atoms with Crippen LogP contribution >= 0.6 is 10.7 Å². The van der Waals surface area contributed by atoms with Gasteiger partial charge < -0.3 is 19.1 Å². The number of nitrogens with zero attached hydrogens (tertiary/aromatic N) is 1. The number of likely N-dealkylation sites (tertiary alicyclic amines) is 1. The lowest BCUT2D eigenvalue weighted by atomic mass is 9.98. The van der Waals surface area contributed by atoms with Crippen molar-refractivity contribution in [2.24, 2.45) is 5.92 Å². The van der Waals surface area contributed by atoms with Gasteiger partial charge in [0, 0.05) is 24.3 Å². The SMILES string of the molecule is COCCOC1CC(CS(=O)(=O)Cl)CN(C(=O)OC(C)(C)C)C1. The van der Waals surface area contributed by atoms with Crippen LogP contribution in [0.1, 0.15) is 27.2 Å². The molecule has 0 saturated carbocycles. The third kappa shape index (κ3) is 8.74. The topological polar surface area (TPSA) is 82.1 Å². The molecule has 1 rings (SSSR count). The van der Waals surface area contributed by atoms with E-state index in [9.17, 15) is 13.2 Å². The molecule has 0 radical (unpaired) electrons. The summed E-state index contributed by atoms with van der Waals surface area (Å²) in [7, 11) is 3.28. The van der Waals surface area contributed by atoms with Crippen LogP contribution in [0.15, 0.2) is 0 Å². The van der Waals surface area contributed by atoms with Crippen molar-refractivity contribution in [2.45, 2.75) is 38.9 Å². The fourth-order valence-electron chi connectivity index (χ4n) is 2.45. The van der Waals surface area contributed by atoms with Crippen LogP contribution in [0.25, 0.3) is 0 Å². The van der Waals surface area contributed by atoms with Gasteiger partial charge in [0.25, 0.3) is 0 Å². The Labute approximate surface area is 142 Å². The summed E-state index contributed by atoms with van der Waals surface area (Å²) < 4.78 is 38.6. The maximum Gasteiger partial charge on any atom is 0.410 e. The molecular weight excluding hydrogens is 346 g/mol. The lowest BCUT2D eigenvalue weighted by molar-refractivity contribution is -0.0423. The van der Waals surface area contributed by atoms with E-state index in [1.165, 1.54) is 4.90 Å². The third-order valence-corrected chi connectivity index (χ3v) is 4.47. The fraction of sp³-hybridized carbons (Fsp3) is 0.929. The third-order valence-electron chi connectivity index (χ3n) is 3.23. The van der Waals surface area contributed by atoms with Crippen molar-refractivity contribution in [3.8, 4) is 0 Å². The predicted octanol–water partition coefficient (Wildman–Crippen LogP) is 1.84. The van der Waals surface area contributed by atoms with Crippen molar-refractivity contribution in [1.29, 1.82) is 0 Å². The average Bonchev–Trinajstić information content (AvgIpc) is 2.34. The fourth-order valence-corrected chi connectivity index (χ4v) is 3.79. The van der Waals surface area contributed by atoms with Gasteiger partial charge in [0.15, 0.2) is 0 Å². The Morgan fingerprint density at radius 2 is 1.91 bits per heavy atom. The minimum absolute atomic E-state index is 0.196. The lowest BCUT2D eigenvalue weighted by Gasteiger charge is -2.37. The number of carbonyl (C=O) groups is 1. The largest absolute Gasteiger partial charge is 0.444 e. The van der Waals surface area contributed by atoms with E-state index in [-0.39, 0.29) is 24.3 Å². The number of hydrogen-bond donors (Lipinski definition) is 0. The Bertz CT molecular complexity index is 490. The van der Waals surface area contributed by atoms with Crippen LogP contribution < -0.4 is 0 Å². The molecule has 0 aliphatic carbocycles. The van der Waals surface area contributed by atoms with Crippen molar-refractivity contribution in [2.75, 3.05) is 39.2 Å². The first-order chi connectivity index (χ1) is 10.5. The van der Waals surface area contributed by atoms with E-state index in [4.69, 9.17) is 24.9 Å². The Balaban J connectivity index is 2.73. The van der Waals surface area contributed by atoms with Gasteiger partial charge in [0.05, 0.1) is 31.6 Å². The summed E-state index contributed by atoms with van der Waals surface area (Å²) in [5.41, 5.74) is -0.616. The highest BCUT2D eigenvalue weighted by Crippen LogP contribution is 2.23. The molecule has 136 valence electrons. The zero-order chi connectivity index (χ0) is 17.7. The zero-order valence-electron chi connectivity index (χ0n) is 14.1. The molecule has 0 aromatic heterocycles. The highest BCUT2D eigenvalue weighted by atomic mass is 35.7. The van der Waals surface area contributed by atoms with E-state index in [1.54, 1.807) is 27.9 Å². The Morgan fingerprint density at radius 1 is 1.26 bits per heavy atom. The maximum absolute atomic E-state index is 12.2. The van der Waals surface area contributed by atoms with E-state index in [0.29, 0.717) is 26.2 Å². The minimum Gasteiger partial charge on any atom is -0.444 e. The Hall–Kier alpha value is -0.570. The molecule has 7 nitrogen and oxygen atoms in total. The van der Waals surface area contributed by atoms with Crippen LogP contribution in [-0.2, 0) is 23.3 Å². The molecule has 1 aliphatic rings. The first-order valence-corrected chi connectivity index (χ1v) is 9.99. The van der Waals surface area contributed by atoms with Crippen LogP contribution in [0.5, 0.6) is 0 Å². The molecule has 2 unspecified atom stereocenters. The zero-order valence-corrected chi connectivity index (χ0v) is 15.7. The summed E-state index contributed by atoms with van der Waals surface area (Å²) in [4.78, 5) is 13.7. The highest BCUT2D eigenvalue weighted by molar-refractivity contribution is 8.13. The van der Waals surface area contributed by atoms with E-state index in [1.807, 2.05) is 0 Å². The molecule has 1 heterocycles. The van der Waals surface area contributed by atoms with Crippen molar-refractivity contribution in [1.82, 2.24) is 4.90 Å². The molecule has 2 atom stereocenters. The molecule has 0 N–H and O–H groups in total. The van der Waals surface area contributed by atoms with Gasteiger partial charge in [0.2, 0.25) is 9.05 Å². The molecule has 0 aromatic rings.